The second-order valence-electron chi connectivity index (χ2n) is 8.24. The molecule has 6 rings (SSSR count). The predicted molar refractivity (Wildman–Crippen MR) is 113 cm³/mol. The largest absolute Gasteiger partial charge is 0.356 e. The number of para-hydroxylation sites is 1. The molecule has 1 aromatic heterocycles. The maximum absolute atomic E-state index is 13.4. The van der Waals surface area contributed by atoms with E-state index in [1.807, 2.05) is 46.2 Å². The summed E-state index contributed by atoms with van der Waals surface area (Å²) in [7, 11) is 0. The molecule has 3 aliphatic rings. The number of fused-ring (bicyclic) bond motifs is 4. The fraction of sp³-hybridized carbons (Fsp3) is 0.304. The Balaban J connectivity index is 1.56. The Morgan fingerprint density at radius 1 is 1.03 bits per heavy atom. The van der Waals surface area contributed by atoms with Crippen LogP contribution in [0.25, 0.3) is 10.9 Å². The molecule has 1 saturated carbocycles. The van der Waals surface area contributed by atoms with E-state index in [4.69, 9.17) is 0 Å². The zero-order valence-corrected chi connectivity index (χ0v) is 17.4. The van der Waals surface area contributed by atoms with Crippen LogP contribution in [0.3, 0.4) is 0 Å². The summed E-state index contributed by atoms with van der Waals surface area (Å²) in [5, 5.41) is 1.14. The molecule has 0 radical (unpaired) electrons. The quantitative estimate of drug-likeness (QED) is 0.646. The molecule has 2 aromatic carbocycles. The van der Waals surface area contributed by atoms with Crippen LogP contribution >= 0.6 is 15.9 Å². The topological polar surface area (TPSA) is 56.4 Å². The van der Waals surface area contributed by atoms with Crippen LogP contribution in [-0.4, -0.2) is 45.2 Å². The first-order chi connectivity index (χ1) is 14.1. The highest BCUT2D eigenvalue weighted by molar-refractivity contribution is 9.10. The molecular weight excluding hydrogens is 430 g/mol. The minimum absolute atomic E-state index is 0.0378. The van der Waals surface area contributed by atoms with E-state index in [0.717, 1.165) is 45.0 Å². The van der Waals surface area contributed by atoms with Gasteiger partial charge in [0.1, 0.15) is 12.6 Å². The van der Waals surface area contributed by atoms with Crippen LogP contribution in [0.4, 0.5) is 0 Å². The van der Waals surface area contributed by atoms with Crippen molar-refractivity contribution in [2.45, 2.75) is 37.4 Å². The van der Waals surface area contributed by atoms with E-state index in [1.54, 1.807) is 0 Å². The van der Waals surface area contributed by atoms with E-state index in [1.165, 1.54) is 0 Å². The molecule has 0 spiro atoms. The first-order valence-corrected chi connectivity index (χ1v) is 10.9. The lowest BCUT2D eigenvalue weighted by Crippen LogP contribution is -2.63. The van der Waals surface area contributed by atoms with Crippen molar-refractivity contribution >= 4 is 38.6 Å². The van der Waals surface area contributed by atoms with E-state index in [-0.39, 0.29) is 30.4 Å². The van der Waals surface area contributed by atoms with Crippen molar-refractivity contribution in [3.8, 4) is 0 Å². The van der Waals surface area contributed by atoms with Crippen molar-refractivity contribution in [1.82, 2.24) is 14.8 Å². The van der Waals surface area contributed by atoms with Gasteiger partial charge in [0.05, 0.1) is 6.04 Å². The predicted octanol–water partition coefficient (Wildman–Crippen LogP) is 3.78. The Hall–Kier alpha value is -2.60. The first kappa shape index (κ1) is 17.3. The molecule has 146 valence electrons. The molecule has 2 fully saturated rings. The van der Waals surface area contributed by atoms with E-state index in [2.05, 4.69) is 33.0 Å². The summed E-state index contributed by atoms with van der Waals surface area (Å²) >= 11 is 3.57. The second-order valence-corrected chi connectivity index (χ2v) is 9.15. The number of aromatic amines is 1. The number of rotatable bonds is 2. The number of hydrogen-bond donors (Lipinski definition) is 1. The molecule has 5 nitrogen and oxygen atoms in total. The Labute approximate surface area is 176 Å². The molecule has 2 aliphatic heterocycles. The number of carbonyl (C=O) groups excluding carboxylic acids is 2. The van der Waals surface area contributed by atoms with Crippen molar-refractivity contribution in [3.63, 3.8) is 0 Å². The highest BCUT2D eigenvalue weighted by Gasteiger charge is 2.50. The molecule has 1 N–H and O–H groups in total. The minimum atomic E-state index is -0.437. The summed E-state index contributed by atoms with van der Waals surface area (Å²) in [6, 6.07) is 15.8. The van der Waals surface area contributed by atoms with Crippen LogP contribution in [-0.2, 0) is 16.0 Å². The smallest absolute Gasteiger partial charge is 0.246 e. The summed E-state index contributed by atoms with van der Waals surface area (Å²) in [6.45, 7) is 0.195. The van der Waals surface area contributed by atoms with E-state index < -0.39 is 6.04 Å². The van der Waals surface area contributed by atoms with Crippen molar-refractivity contribution in [2.75, 3.05) is 6.54 Å². The number of halogens is 1. The van der Waals surface area contributed by atoms with E-state index in [0.29, 0.717) is 6.42 Å². The molecule has 3 heterocycles. The lowest BCUT2D eigenvalue weighted by Gasteiger charge is -2.47. The van der Waals surface area contributed by atoms with Gasteiger partial charge in [-0.15, -0.1) is 0 Å². The number of H-pyrrole nitrogens is 1. The fourth-order valence-electron chi connectivity index (χ4n) is 5.00. The molecule has 0 bridgehead atoms. The van der Waals surface area contributed by atoms with Gasteiger partial charge in [-0.1, -0.05) is 46.3 Å². The van der Waals surface area contributed by atoms with Crippen molar-refractivity contribution in [3.05, 3.63) is 69.8 Å². The third-order valence-electron chi connectivity index (χ3n) is 6.45. The number of carbonyl (C=O) groups is 2. The summed E-state index contributed by atoms with van der Waals surface area (Å²) < 4.78 is 0.963. The van der Waals surface area contributed by atoms with Crippen molar-refractivity contribution in [1.29, 1.82) is 0 Å². The molecule has 1 aliphatic carbocycles. The van der Waals surface area contributed by atoms with Gasteiger partial charge in [0.25, 0.3) is 0 Å². The van der Waals surface area contributed by atoms with Crippen LogP contribution in [0.1, 0.15) is 35.7 Å². The maximum Gasteiger partial charge on any atom is 0.246 e. The van der Waals surface area contributed by atoms with Crippen molar-refractivity contribution < 1.29 is 9.59 Å². The molecule has 1 saturated heterocycles. The van der Waals surface area contributed by atoms with Gasteiger partial charge in [-0.3, -0.25) is 9.59 Å². The van der Waals surface area contributed by atoms with E-state index in [9.17, 15) is 9.59 Å². The number of aromatic nitrogens is 1. The van der Waals surface area contributed by atoms with Crippen LogP contribution in [0.15, 0.2) is 53.0 Å². The highest BCUT2D eigenvalue weighted by Crippen LogP contribution is 2.44. The SMILES string of the molecule is O=C1[C@@H]2Cc3c([nH]c4ccccc34)[C@H](c3cccc(Br)c3)N2C(=O)CN1C1CC1. The summed E-state index contributed by atoms with van der Waals surface area (Å²) in [5.74, 6) is 0.138. The number of amides is 2. The van der Waals surface area contributed by atoms with Gasteiger partial charge in [0, 0.05) is 33.5 Å². The van der Waals surface area contributed by atoms with Gasteiger partial charge in [-0.2, -0.15) is 0 Å². The third kappa shape index (κ3) is 2.58. The molecule has 29 heavy (non-hydrogen) atoms. The fourth-order valence-corrected chi connectivity index (χ4v) is 5.42. The number of piperazine rings is 1. The molecule has 0 unspecified atom stereocenters. The number of nitrogens with one attached hydrogen (secondary N) is 1. The monoisotopic (exact) mass is 449 g/mol. The van der Waals surface area contributed by atoms with Gasteiger partial charge in [-0.05, 0) is 42.2 Å². The van der Waals surface area contributed by atoms with E-state index >= 15 is 0 Å². The van der Waals surface area contributed by atoms with Gasteiger partial charge in [-0.25, -0.2) is 0 Å². The minimum Gasteiger partial charge on any atom is -0.356 e. The number of hydrogen-bond acceptors (Lipinski definition) is 2. The van der Waals surface area contributed by atoms with Crippen LogP contribution in [0.2, 0.25) is 0 Å². The van der Waals surface area contributed by atoms with Crippen LogP contribution in [0, 0.1) is 0 Å². The normalized spacial score (nSPS) is 24.0. The Morgan fingerprint density at radius 3 is 2.66 bits per heavy atom. The van der Waals surface area contributed by atoms with Gasteiger partial charge in [0.15, 0.2) is 0 Å². The summed E-state index contributed by atoms with van der Waals surface area (Å²) in [6.07, 6.45) is 2.59. The molecule has 3 aromatic rings. The average molecular weight is 450 g/mol. The van der Waals surface area contributed by atoms with Crippen LogP contribution in [0.5, 0.6) is 0 Å². The van der Waals surface area contributed by atoms with Gasteiger partial charge < -0.3 is 14.8 Å². The lowest BCUT2D eigenvalue weighted by atomic mass is 9.86. The Bertz CT molecular complexity index is 1170. The van der Waals surface area contributed by atoms with Crippen molar-refractivity contribution in [2.24, 2.45) is 0 Å². The second kappa shape index (κ2) is 6.20. The zero-order valence-electron chi connectivity index (χ0n) is 15.8. The average Bonchev–Trinajstić information content (AvgIpc) is 3.50. The van der Waals surface area contributed by atoms with Crippen LogP contribution < -0.4 is 0 Å². The summed E-state index contributed by atoms with van der Waals surface area (Å²) in [5.41, 5.74) is 4.25. The van der Waals surface area contributed by atoms with Gasteiger partial charge >= 0.3 is 0 Å². The lowest BCUT2D eigenvalue weighted by molar-refractivity contribution is -0.159. The highest BCUT2D eigenvalue weighted by atomic mass is 79.9. The maximum atomic E-state index is 13.4. The standard InChI is InChI=1S/C23H20BrN3O2/c24-14-5-3-4-13(10-14)22-21-17(16-6-1-2-7-18(16)25-21)11-19-23(29)26(15-8-9-15)12-20(28)27(19)22/h1-7,10,15,19,22,25H,8-9,11-12H2/t19-,22-/m0/s1. The van der Waals surface area contributed by atoms with Gasteiger partial charge in [0.2, 0.25) is 11.8 Å². The number of nitrogens with zero attached hydrogens (tertiary/aromatic N) is 2. The molecule has 6 heteroatoms. The third-order valence-corrected chi connectivity index (χ3v) is 6.94. The summed E-state index contributed by atoms with van der Waals surface area (Å²) in [4.78, 5) is 33.9. The number of benzene rings is 2. The Morgan fingerprint density at radius 2 is 1.86 bits per heavy atom. The first-order valence-electron chi connectivity index (χ1n) is 10.1. The molecular formula is C23H20BrN3O2. The zero-order chi connectivity index (χ0) is 19.7. The molecule has 2 atom stereocenters. The molecule has 2 amide bonds. The Kier molecular flexibility index (Phi) is 3.69.